The SMILES string of the molecule is Cc1n[nH]c(C)c1C(=O)NCC1CCNCC1. The third kappa shape index (κ3) is 2.85. The first-order chi connectivity index (χ1) is 8.18. The number of rotatable bonds is 3. The van der Waals surface area contributed by atoms with Gasteiger partial charge in [0.25, 0.3) is 5.91 Å². The first-order valence-electron chi connectivity index (χ1n) is 6.19. The van der Waals surface area contributed by atoms with E-state index in [1.807, 2.05) is 13.8 Å². The molecule has 2 heterocycles. The Kier molecular flexibility index (Phi) is 3.78. The van der Waals surface area contributed by atoms with Crippen LogP contribution in [0, 0.1) is 19.8 Å². The van der Waals surface area contributed by atoms with Gasteiger partial charge in [-0.1, -0.05) is 0 Å². The molecule has 5 heteroatoms. The van der Waals surface area contributed by atoms with Crippen LogP contribution >= 0.6 is 0 Å². The number of carbonyl (C=O) groups is 1. The van der Waals surface area contributed by atoms with Crippen LogP contribution < -0.4 is 10.6 Å². The van der Waals surface area contributed by atoms with Crippen molar-refractivity contribution in [1.82, 2.24) is 20.8 Å². The predicted octanol–water partition coefficient (Wildman–Crippen LogP) is 0.756. The first-order valence-corrected chi connectivity index (χ1v) is 6.19. The van der Waals surface area contributed by atoms with E-state index in [4.69, 9.17) is 0 Å². The van der Waals surface area contributed by atoms with Crippen LogP contribution in [0.4, 0.5) is 0 Å². The van der Waals surface area contributed by atoms with E-state index in [9.17, 15) is 4.79 Å². The highest BCUT2D eigenvalue weighted by molar-refractivity contribution is 5.96. The molecule has 1 amide bonds. The van der Waals surface area contributed by atoms with Crippen LogP contribution in [0.25, 0.3) is 0 Å². The number of hydrogen-bond acceptors (Lipinski definition) is 3. The fourth-order valence-electron chi connectivity index (χ4n) is 2.30. The molecule has 0 atom stereocenters. The molecule has 1 saturated heterocycles. The Bertz CT molecular complexity index is 374. The Hall–Kier alpha value is -1.36. The number of amides is 1. The van der Waals surface area contributed by atoms with Gasteiger partial charge in [-0.25, -0.2) is 0 Å². The quantitative estimate of drug-likeness (QED) is 0.725. The molecule has 0 unspecified atom stereocenters. The maximum absolute atomic E-state index is 12.0. The van der Waals surface area contributed by atoms with Crippen LogP contribution in [0.3, 0.4) is 0 Å². The molecule has 0 aliphatic carbocycles. The second kappa shape index (κ2) is 5.31. The van der Waals surface area contributed by atoms with Crippen molar-refractivity contribution in [2.45, 2.75) is 26.7 Å². The van der Waals surface area contributed by atoms with E-state index < -0.39 is 0 Å². The van der Waals surface area contributed by atoms with E-state index in [-0.39, 0.29) is 5.91 Å². The van der Waals surface area contributed by atoms with Gasteiger partial charge in [0.1, 0.15) is 0 Å². The van der Waals surface area contributed by atoms with Crippen molar-refractivity contribution in [2.75, 3.05) is 19.6 Å². The van der Waals surface area contributed by atoms with E-state index in [0.717, 1.165) is 43.9 Å². The summed E-state index contributed by atoms with van der Waals surface area (Å²) in [7, 11) is 0. The van der Waals surface area contributed by atoms with E-state index in [0.29, 0.717) is 11.5 Å². The minimum absolute atomic E-state index is 0.00715. The van der Waals surface area contributed by atoms with Crippen molar-refractivity contribution in [3.8, 4) is 0 Å². The second-order valence-electron chi connectivity index (χ2n) is 4.71. The summed E-state index contributed by atoms with van der Waals surface area (Å²) in [5.41, 5.74) is 2.30. The Balaban J connectivity index is 1.89. The summed E-state index contributed by atoms with van der Waals surface area (Å²) in [6.07, 6.45) is 2.28. The smallest absolute Gasteiger partial charge is 0.255 e. The zero-order valence-electron chi connectivity index (χ0n) is 10.5. The lowest BCUT2D eigenvalue weighted by Gasteiger charge is -2.22. The van der Waals surface area contributed by atoms with Crippen molar-refractivity contribution in [3.05, 3.63) is 17.0 Å². The van der Waals surface area contributed by atoms with Crippen molar-refractivity contribution in [3.63, 3.8) is 0 Å². The first kappa shape index (κ1) is 12.1. The number of aryl methyl sites for hydroxylation is 2. The molecule has 1 aliphatic heterocycles. The number of H-pyrrole nitrogens is 1. The molecular weight excluding hydrogens is 216 g/mol. The lowest BCUT2D eigenvalue weighted by atomic mass is 9.98. The van der Waals surface area contributed by atoms with Gasteiger partial charge in [0.05, 0.1) is 11.3 Å². The molecule has 0 spiro atoms. The molecule has 0 saturated carbocycles. The summed E-state index contributed by atoms with van der Waals surface area (Å²) in [5.74, 6) is 0.597. The molecule has 1 aliphatic rings. The molecule has 0 radical (unpaired) electrons. The lowest BCUT2D eigenvalue weighted by Crippen LogP contribution is -2.36. The van der Waals surface area contributed by atoms with Gasteiger partial charge in [0.2, 0.25) is 0 Å². The minimum Gasteiger partial charge on any atom is -0.352 e. The van der Waals surface area contributed by atoms with Crippen LogP contribution in [0.1, 0.15) is 34.6 Å². The summed E-state index contributed by atoms with van der Waals surface area (Å²) in [6, 6.07) is 0. The molecule has 1 aromatic rings. The van der Waals surface area contributed by atoms with E-state index >= 15 is 0 Å². The summed E-state index contributed by atoms with van der Waals surface area (Å²) in [6.45, 7) is 6.61. The second-order valence-corrected chi connectivity index (χ2v) is 4.71. The van der Waals surface area contributed by atoms with Gasteiger partial charge >= 0.3 is 0 Å². The van der Waals surface area contributed by atoms with Gasteiger partial charge in [-0.2, -0.15) is 5.10 Å². The van der Waals surface area contributed by atoms with Gasteiger partial charge in [-0.3, -0.25) is 9.89 Å². The van der Waals surface area contributed by atoms with Crippen molar-refractivity contribution in [2.24, 2.45) is 5.92 Å². The lowest BCUT2D eigenvalue weighted by molar-refractivity contribution is 0.0943. The van der Waals surface area contributed by atoms with Gasteiger partial charge < -0.3 is 10.6 Å². The summed E-state index contributed by atoms with van der Waals surface area (Å²) in [4.78, 5) is 12.0. The third-order valence-electron chi connectivity index (χ3n) is 3.37. The van der Waals surface area contributed by atoms with Crippen LogP contribution in [-0.4, -0.2) is 35.7 Å². The number of aromatic nitrogens is 2. The Morgan fingerprint density at radius 1 is 1.41 bits per heavy atom. The van der Waals surface area contributed by atoms with Gasteiger partial charge in [-0.05, 0) is 45.7 Å². The minimum atomic E-state index is -0.00715. The molecule has 17 heavy (non-hydrogen) atoms. The van der Waals surface area contributed by atoms with E-state index in [1.54, 1.807) is 0 Å². The highest BCUT2D eigenvalue weighted by Gasteiger charge is 2.18. The normalized spacial score (nSPS) is 17.1. The molecule has 0 bridgehead atoms. The fraction of sp³-hybridized carbons (Fsp3) is 0.667. The number of aromatic amines is 1. The summed E-state index contributed by atoms with van der Waals surface area (Å²) >= 11 is 0. The zero-order valence-corrected chi connectivity index (χ0v) is 10.5. The Morgan fingerprint density at radius 2 is 2.12 bits per heavy atom. The maximum atomic E-state index is 12.0. The van der Waals surface area contributed by atoms with Crippen molar-refractivity contribution >= 4 is 5.91 Å². The molecule has 5 nitrogen and oxygen atoms in total. The van der Waals surface area contributed by atoms with Crippen LogP contribution in [-0.2, 0) is 0 Å². The van der Waals surface area contributed by atoms with E-state index in [1.165, 1.54) is 0 Å². The van der Waals surface area contributed by atoms with Crippen LogP contribution in [0.5, 0.6) is 0 Å². The number of carbonyl (C=O) groups excluding carboxylic acids is 1. The van der Waals surface area contributed by atoms with Crippen LogP contribution in [0.15, 0.2) is 0 Å². The van der Waals surface area contributed by atoms with E-state index in [2.05, 4.69) is 20.8 Å². The highest BCUT2D eigenvalue weighted by atomic mass is 16.1. The highest BCUT2D eigenvalue weighted by Crippen LogP contribution is 2.12. The van der Waals surface area contributed by atoms with Gasteiger partial charge in [0, 0.05) is 12.2 Å². The average Bonchev–Trinajstić information content (AvgIpc) is 2.67. The molecular formula is C12H20N4O. The molecule has 1 aromatic heterocycles. The van der Waals surface area contributed by atoms with Crippen LogP contribution in [0.2, 0.25) is 0 Å². The Morgan fingerprint density at radius 3 is 2.71 bits per heavy atom. The molecule has 1 fully saturated rings. The monoisotopic (exact) mass is 236 g/mol. The number of piperidine rings is 1. The summed E-state index contributed by atoms with van der Waals surface area (Å²) in [5, 5.41) is 13.2. The molecule has 0 aromatic carbocycles. The van der Waals surface area contributed by atoms with Crippen molar-refractivity contribution in [1.29, 1.82) is 0 Å². The Labute approximate surface area is 101 Å². The third-order valence-corrected chi connectivity index (χ3v) is 3.37. The fourth-order valence-corrected chi connectivity index (χ4v) is 2.30. The maximum Gasteiger partial charge on any atom is 0.255 e. The van der Waals surface area contributed by atoms with Gasteiger partial charge in [-0.15, -0.1) is 0 Å². The number of hydrogen-bond donors (Lipinski definition) is 3. The largest absolute Gasteiger partial charge is 0.352 e. The standard InChI is InChI=1S/C12H20N4O/c1-8-11(9(2)16-15-8)12(17)14-7-10-3-5-13-6-4-10/h10,13H,3-7H2,1-2H3,(H,14,17)(H,15,16). The molecule has 2 rings (SSSR count). The predicted molar refractivity (Wildman–Crippen MR) is 66.0 cm³/mol. The molecule has 94 valence electrons. The van der Waals surface area contributed by atoms with Gasteiger partial charge in [0.15, 0.2) is 0 Å². The molecule has 3 N–H and O–H groups in total. The number of nitrogens with zero attached hydrogens (tertiary/aromatic N) is 1. The number of nitrogens with one attached hydrogen (secondary N) is 3. The summed E-state index contributed by atoms with van der Waals surface area (Å²) < 4.78 is 0. The topological polar surface area (TPSA) is 69.8 Å². The zero-order chi connectivity index (χ0) is 12.3. The average molecular weight is 236 g/mol. The van der Waals surface area contributed by atoms with Crippen molar-refractivity contribution < 1.29 is 4.79 Å².